The molecule has 100 valence electrons. The zero-order valence-electron chi connectivity index (χ0n) is 10.8. The predicted octanol–water partition coefficient (Wildman–Crippen LogP) is 3.05. The molecule has 5 heteroatoms. The molecule has 1 aromatic carbocycles. The van der Waals surface area contributed by atoms with E-state index in [1.807, 2.05) is 20.8 Å². The molecule has 0 aliphatic rings. The van der Waals surface area contributed by atoms with Gasteiger partial charge in [0, 0.05) is 11.7 Å². The molecule has 0 radical (unpaired) electrons. The van der Waals surface area contributed by atoms with Crippen LogP contribution in [-0.2, 0) is 4.79 Å². The van der Waals surface area contributed by atoms with E-state index in [0.29, 0.717) is 11.6 Å². The summed E-state index contributed by atoms with van der Waals surface area (Å²) in [4.78, 5) is 11.6. The van der Waals surface area contributed by atoms with Crippen molar-refractivity contribution in [2.24, 2.45) is 5.92 Å². The van der Waals surface area contributed by atoms with Crippen LogP contribution in [0.25, 0.3) is 0 Å². The molecule has 1 rings (SSSR count). The molecule has 1 unspecified atom stereocenters. The largest absolute Gasteiger partial charge is 0.376 e. The maximum atomic E-state index is 12.9. The van der Waals surface area contributed by atoms with Gasteiger partial charge >= 0.3 is 0 Å². The summed E-state index contributed by atoms with van der Waals surface area (Å²) in [7, 11) is 0. The first-order valence-corrected chi connectivity index (χ1v) is 6.26. The zero-order chi connectivity index (χ0) is 13.7. The van der Waals surface area contributed by atoms with Crippen LogP contribution < -0.4 is 10.6 Å². The van der Waals surface area contributed by atoms with Crippen molar-refractivity contribution in [3.05, 3.63) is 29.0 Å². The van der Waals surface area contributed by atoms with E-state index in [-0.39, 0.29) is 23.5 Å². The Morgan fingerprint density at radius 1 is 1.39 bits per heavy atom. The average molecular weight is 273 g/mol. The number of benzene rings is 1. The molecule has 1 atom stereocenters. The maximum Gasteiger partial charge on any atom is 0.239 e. The molecule has 0 saturated carbocycles. The van der Waals surface area contributed by atoms with E-state index in [1.165, 1.54) is 12.1 Å². The molecule has 18 heavy (non-hydrogen) atoms. The van der Waals surface area contributed by atoms with E-state index in [9.17, 15) is 9.18 Å². The van der Waals surface area contributed by atoms with E-state index >= 15 is 0 Å². The SMILES string of the molecule is CC(C)C(C)NC(=O)CNc1ccc(F)c(Cl)c1. The molecule has 0 bridgehead atoms. The molecular weight excluding hydrogens is 255 g/mol. The molecule has 0 spiro atoms. The average Bonchev–Trinajstić information content (AvgIpc) is 2.30. The molecule has 1 aromatic rings. The minimum atomic E-state index is -0.472. The second-order valence-electron chi connectivity index (χ2n) is 4.58. The van der Waals surface area contributed by atoms with E-state index in [1.54, 1.807) is 6.07 Å². The number of hydrogen-bond acceptors (Lipinski definition) is 2. The highest BCUT2D eigenvalue weighted by Gasteiger charge is 2.10. The van der Waals surface area contributed by atoms with Crippen LogP contribution in [0.5, 0.6) is 0 Å². The normalized spacial score (nSPS) is 12.3. The summed E-state index contributed by atoms with van der Waals surface area (Å²) in [5, 5.41) is 5.80. The topological polar surface area (TPSA) is 41.1 Å². The zero-order valence-corrected chi connectivity index (χ0v) is 11.5. The van der Waals surface area contributed by atoms with E-state index < -0.39 is 5.82 Å². The van der Waals surface area contributed by atoms with Crippen molar-refractivity contribution >= 4 is 23.2 Å². The van der Waals surface area contributed by atoms with Crippen molar-refractivity contribution < 1.29 is 9.18 Å². The van der Waals surface area contributed by atoms with E-state index in [4.69, 9.17) is 11.6 Å². The van der Waals surface area contributed by atoms with Gasteiger partial charge in [-0.05, 0) is 31.0 Å². The fourth-order valence-corrected chi connectivity index (χ4v) is 1.44. The summed E-state index contributed by atoms with van der Waals surface area (Å²) >= 11 is 5.64. The number of nitrogens with one attached hydrogen (secondary N) is 2. The Morgan fingerprint density at radius 3 is 2.61 bits per heavy atom. The lowest BCUT2D eigenvalue weighted by atomic mass is 10.1. The predicted molar refractivity (Wildman–Crippen MR) is 72.3 cm³/mol. The van der Waals surface area contributed by atoms with Crippen LogP contribution in [0.1, 0.15) is 20.8 Å². The smallest absolute Gasteiger partial charge is 0.239 e. The Labute approximate surface area is 112 Å². The van der Waals surface area contributed by atoms with Gasteiger partial charge in [-0.15, -0.1) is 0 Å². The van der Waals surface area contributed by atoms with E-state index in [2.05, 4.69) is 10.6 Å². The van der Waals surface area contributed by atoms with Gasteiger partial charge in [-0.3, -0.25) is 4.79 Å². The summed E-state index contributed by atoms with van der Waals surface area (Å²) in [6.45, 7) is 6.17. The molecule has 0 heterocycles. The van der Waals surface area contributed by atoms with Gasteiger partial charge in [-0.1, -0.05) is 25.4 Å². The third-order valence-corrected chi connectivity index (χ3v) is 3.05. The molecule has 0 aliphatic carbocycles. The van der Waals surface area contributed by atoms with Gasteiger partial charge in [0.1, 0.15) is 5.82 Å². The van der Waals surface area contributed by atoms with Crippen LogP contribution in [0.4, 0.5) is 10.1 Å². The second-order valence-corrected chi connectivity index (χ2v) is 4.99. The van der Waals surface area contributed by atoms with Gasteiger partial charge in [0.25, 0.3) is 0 Å². The number of carbonyl (C=O) groups is 1. The van der Waals surface area contributed by atoms with Crippen LogP contribution >= 0.6 is 11.6 Å². The standard InChI is InChI=1S/C13H18ClFN2O/c1-8(2)9(3)17-13(18)7-16-10-4-5-12(15)11(14)6-10/h4-6,8-9,16H,7H2,1-3H3,(H,17,18). The minimum absolute atomic E-state index is 0.0379. The summed E-state index contributed by atoms with van der Waals surface area (Å²) < 4.78 is 12.9. The summed E-state index contributed by atoms with van der Waals surface area (Å²) in [6.07, 6.45) is 0. The van der Waals surface area contributed by atoms with Crippen molar-refractivity contribution in [1.29, 1.82) is 0 Å². The minimum Gasteiger partial charge on any atom is -0.376 e. The first kappa shape index (κ1) is 14.8. The number of rotatable bonds is 5. The van der Waals surface area contributed by atoms with Crippen LogP contribution in [0.3, 0.4) is 0 Å². The number of amides is 1. The molecule has 0 aromatic heterocycles. The number of hydrogen-bond donors (Lipinski definition) is 2. The molecule has 0 saturated heterocycles. The Bertz CT molecular complexity index is 423. The number of carbonyl (C=O) groups excluding carboxylic acids is 1. The highest BCUT2D eigenvalue weighted by atomic mass is 35.5. The van der Waals surface area contributed by atoms with Crippen molar-refractivity contribution in [1.82, 2.24) is 5.32 Å². The monoisotopic (exact) mass is 272 g/mol. The lowest BCUT2D eigenvalue weighted by Gasteiger charge is -2.17. The van der Waals surface area contributed by atoms with Crippen LogP contribution in [0.15, 0.2) is 18.2 Å². The van der Waals surface area contributed by atoms with E-state index in [0.717, 1.165) is 0 Å². The van der Waals surface area contributed by atoms with Crippen molar-refractivity contribution in [3.63, 3.8) is 0 Å². The maximum absolute atomic E-state index is 12.9. The van der Waals surface area contributed by atoms with Gasteiger partial charge in [0.15, 0.2) is 0 Å². The Balaban J connectivity index is 2.45. The lowest BCUT2D eigenvalue weighted by Crippen LogP contribution is -2.39. The summed E-state index contributed by atoms with van der Waals surface area (Å²) in [6, 6.07) is 4.38. The third-order valence-electron chi connectivity index (χ3n) is 2.76. The molecule has 1 amide bonds. The number of halogens is 2. The van der Waals surface area contributed by atoms with Gasteiger partial charge in [0.2, 0.25) is 5.91 Å². The molecule has 0 fully saturated rings. The third kappa shape index (κ3) is 4.53. The molecule has 0 aliphatic heterocycles. The highest BCUT2D eigenvalue weighted by Crippen LogP contribution is 2.18. The van der Waals surface area contributed by atoms with Gasteiger partial charge < -0.3 is 10.6 Å². The first-order valence-electron chi connectivity index (χ1n) is 5.88. The van der Waals surface area contributed by atoms with Crippen LogP contribution in [0, 0.1) is 11.7 Å². The molecule has 3 nitrogen and oxygen atoms in total. The summed E-state index contributed by atoms with van der Waals surface area (Å²) in [5.74, 6) is -0.189. The van der Waals surface area contributed by atoms with Gasteiger partial charge in [-0.25, -0.2) is 4.39 Å². The Hall–Kier alpha value is -1.29. The molecule has 2 N–H and O–H groups in total. The van der Waals surface area contributed by atoms with Crippen molar-refractivity contribution in [3.8, 4) is 0 Å². The Kier molecular flexibility index (Phi) is 5.41. The number of anilines is 1. The molecular formula is C13H18ClFN2O. The lowest BCUT2D eigenvalue weighted by molar-refractivity contribution is -0.120. The highest BCUT2D eigenvalue weighted by molar-refractivity contribution is 6.31. The summed E-state index contributed by atoms with van der Waals surface area (Å²) in [5.41, 5.74) is 0.619. The first-order chi connectivity index (χ1) is 8.40. The van der Waals surface area contributed by atoms with Crippen LogP contribution in [-0.4, -0.2) is 18.5 Å². The van der Waals surface area contributed by atoms with Gasteiger partial charge in [-0.2, -0.15) is 0 Å². The fraction of sp³-hybridized carbons (Fsp3) is 0.462. The van der Waals surface area contributed by atoms with Gasteiger partial charge in [0.05, 0.1) is 11.6 Å². The second kappa shape index (κ2) is 6.59. The fourth-order valence-electron chi connectivity index (χ4n) is 1.26. The Morgan fingerprint density at radius 2 is 2.06 bits per heavy atom. The van der Waals surface area contributed by atoms with Crippen molar-refractivity contribution in [2.75, 3.05) is 11.9 Å². The quantitative estimate of drug-likeness (QED) is 0.865. The van der Waals surface area contributed by atoms with Crippen molar-refractivity contribution in [2.45, 2.75) is 26.8 Å². The van der Waals surface area contributed by atoms with Crippen LogP contribution in [0.2, 0.25) is 5.02 Å².